The van der Waals surface area contributed by atoms with Gasteiger partial charge in [0.05, 0.1) is 30.4 Å². The van der Waals surface area contributed by atoms with Gasteiger partial charge in [-0.2, -0.15) is 0 Å². The van der Waals surface area contributed by atoms with Crippen LogP contribution in [0.15, 0.2) is 60.7 Å². The third-order valence-corrected chi connectivity index (χ3v) is 7.71. The van der Waals surface area contributed by atoms with E-state index in [0.717, 1.165) is 29.3 Å². The summed E-state index contributed by atoms with van der Waals surface area (Å²) in [5, 5.41) is 17.8. The molecule has 3 atom stereocenters. The summed E-state index contributed by atoms with van der Waals surface area (Å²) in [5.41, 5.74) is 1.57. The number of nitrogens with one attached hydrogen (secondary N) is 2. The van der Waals surface area contributed by atoms with Crippen LogP contribution in [0.4, 0.5) is 16.2 Å². The lowest BCUT2D eigenvalue weighted by atomic mass is 9.99. The number of anilines is 2. The molecule has 0 unspecified atom stereocenters. The number of fused-ring (bicyclic) bond motifs is 2. The first kappa shape index (κ1) is 27.5. The van der Waals surface area contributed by atoms with E-state index in [1.807, 2.05) is 49.4 Å². The van der Waals surface area contributed by atoms with Gasteiger partial charge in [0, 0.05) is 36.5 Å². The summed E-state index contributed by atoms with van der Waals surface area (Å²) in [6.45, 7) is 4.19. The number of likely N-dealkylation sites (N-methyl/N-ethyl adjacent to an activating group) is 1. The highest BCUT2D eigenvalue weighted by molar-refractivity contribution is 6.02. The standard InChI is InChI=1S/C31H36N4O5/c1-19-16-35(20(2)18-36)30(38)25-15-23(32-29(37)22-11-12-22)13-14-27(25)40-28(19)17-34(3)31(39)33-26-10-6-8-21-7-4-5-9-24(21)26/h4-10,13-15,19-20,22,28,36H,11-12,16-18H2,1-3H3,(H,32,37)(H,33,39)/t19-,20+,28+/m0/s1. The number of amides is 4. The van der Waals surface area contributed by atoms with Gasteiger partial charge < -0.3 is 30.3 Å². The number of aliphatic hydroxyl groups is 1. The summed E-state index contributed by atoms with van der Waals surface area (Å²) in [6, 6.07) is 18.0. The number of rotatable bonds is 7. The van der Waals surface area contributed by atoms with Crippen molar-refractivity contribution in [2.75, 3.05) is 37.4 Å². The van der Waals surface area contributed by atoms with Crippen LogP contribution in [-0.2, 0) is 4.79 Å². The smallest absolute Gasteiger partial charge is 0.321 e. The number of urea groups is 1. The Morgan fingerprint density at radius 3 is 2.60 bits per heavy atom. The SMILES string of the molecule is C[C@H](CO)N1C[C@H](C)[C@@H](CN(C)C(=O)Nc2cccc3ccccc23)Oc2ccc(NC(=O)C3CC3)cc2C1=O. The molecule has 9 nitrogen and oxygen atoms in total. The molecule has 1 aliphatic carbocycles. The van der Waals surface area contributed by atoms with E-state index in [1.165, 1.54) is 0 Å². The number of ether oxygens (including phenoxy) is 1. The van der Waals surface area contributed by atoms with E-state index >= 15 is 0 Å². The molecule has 0 bridgehead atoms. The molecule has 0 radical (unpaired) electrons. The number of benzene rings is 3. The van der Waals surface area contributed by atoms with E-state index < -0.39 is 12.1 Å². The van der Waals surface area contributed by atoms with Crippen molar-refractivity contribution in [3.05, 3.63) is 66.2 Å². The molecule has 3 aromatic carbocycles. The number of nitrogens with zero attached hydrogens (tertiary/aromatic N) is 2. The van der Waals surface area contributed by atoms with Crippen LogP contribution in [0.3, 0.4) is 0 Å². The maximum atomic E-state index is 13.6. The van der Waals surface area contributed by atoms with E-state index in [2.05, 4.69) is 10.6 Å². The minimum atomic E-state index is -0.435. The Morgan fingerprint density at radius 1 is 1.10 bits per heavy atom. The summed E-state index contributed by atoms with van der Waals surface area (Å²) in [7, 11) is 1.71. The Hall–Kier alpha value is -4.11. The molecular weight excluding hydrogens is 508 g/mol. The van der Waals surface area contributed by atoms with Crippen molar-refractivity contribution in [3.63, 3.8) is 0 Å². The average Bonchev–Trinajstić information content (AvgIpc) is 3.81. The highest BCUT2D eigenvalue weighted by Crippen LogP contribution is 2.33. The van der Waals surface area contributed by atoms with Gasteiger partial charge in [-0.1, -0.05) is 43.3 Å². The van der Waals surface area contributed by atoms with Gasteiger partial charge in [0.25, 0.3) is 5.91 Å². The van der Waals surface area contributed by atoms with Gasteiger partial charge in [0.15, 0.2) is 0 Å². The zero-order chi connectivity index (χ0) is 28.4. The van der Waals surface area contributed by atoms with Crippen LogP contribution in [0.2, 0.25) is 0 Å². The number of hydrogen-bond acceptors (Lipinski definition) is 5. The Labute approximate surface area is 234 Å². The molecule has 3 aromatic rings. The molecule has 1 saturated carbocycles. The van der Waals surface area contributed by atoms with Crippen molar-refractivity contribution >= 4 is 40.0 Å². The quantitative estimate of drug-likeness (QED) is 0.404. The van der Waals surface area contributed by atoms with Crippen molar-refractivity contribution in [2.24, 2.45) is 11.8 Å². The molecular formula is C31H36N4O5. The third-order valence-electron chi connectivity index (χ3n) is 7.71. The van der Waals surface area contributed by atoms with Crippen LogP contribution in [0.25, 0.3) is 10.8 Å². The van der Waals surface area contributed by atoms with E-state index in [1.54, 1.807) is 42.0 Å². The molecule has 1 heterocycles. The van der Waals surface area contributed by atoms with Crippen molar-refractivity contribution < 1.29 is 24.2 Å². The normalized spacial score (nSPS) is 19.6. The first-order valence-corrected chi connectivity index (χ1v) is 13.8. The lowest BCUT2D eigenvalue weighted by Crippen LogP contribution is -2.50. The van der Waals surface area contributed by atoms with Crippen LogP contribution in [0.1, 0.15) is 37.0 Å². The predicted octanol–water partition coefficient (Wildman–Crippen LogP) is 4.57. The average molecular weight is 545 g/mol. The van der Waals surface area contributed by atoms with Gasteiger partial charge in [0.1, 0.15) is 11.9 Å². The van der Waals surface area contributed by atoms with Crippen molar-refractivity contribution in [1.29, 1.82) is 0 Å². The maximum absolute atomic E-state index is 13.6. The fraction of sp³-hybridized carbons (Fsp3) is 0.387. The van der Waals surface area contributed by atoms with E-state index in [0.29, 0.717) is 23.5 Å². The zero-order valence-corrected chi connectivity index (χ0v) is 23.1. The first-order valence-electron chi connectivity index (χ1n) is 13.8. The molecule has 210 valence electrons. The fourth-order valence-corrected chi connectivity index (χ4v) is 5.01. The number of aliphatic hydroxyl groups excluding tert-OH is 1. The van der Waals surface area contributed by atoms with Crippen molar-refractivity contribution in [1.82, 2.24) is 9.80 Å². The molecule has 5 rings (SSSR count). The fourth-order valence-electron chi connectivity index (χ4n) is 5.01. The molecule has 0 aromatic heterocycles. The largest absolute Gasteiger partial charge is 0.487 e. The van der Waals surface area contributed by atoms with E-state index in [4.69, 9.17) is 4.74 Å². The minimum absolute atomic E-state index is 0.0284. The second-order valence-corrected chi connectivity index (χ2v) is 10.9. The summed E-state index contributed by atoms with van der Waals surface area (Å²) in [4.78, 5) is 42.4. The van der Waals surface area contributed by atoms with Gasteiger partial charge in [0.2, 0.25) is 5.91 Å². The third kappa shape index (κ3) is 5.89. The molecule has 40 heavy (non-hydrogen) atoms. The summed E-state index contributed by atoms with van der Waals surface area (Å²) < 4.78 is 6.40. The summed E-state index contributed by atoms with van der Waals surface area (Å²) in [5.74, 6) is -0.0608. The zero-order valence-electron chi connectivity index (χ0n) is 23.1. The minimum Gasteiger partial charge on any atom is -0.487 e. The molecule has 1 aliphatic heterocycles. The molecule has 3 N–H and O–H groups in total. The summed E-state index contributed by atoms with van der Waals surface area (Å²) >= 11 is 0. The van der Waals surface area contributed by atoms with Gasteiger partial charge in [-0.3, -0.25) is 9.59 Å². The van der Waals surface area contributed by atoms with E-state index in [-0.39, 0.29) is 42.8 Å². The van der Waals surface area contributed by atoms with Crippen LogP contribution in [0, 0.1) is 11.8 Å². The Kier molecular flexibility index (Phi) is 7.93. The number of carbonyl (C=O) groups excluding carboxylic acids is 3. The second-order valence-electron chi connectivity index (χ2n) is 10.9. The van der Waals surface area contributed by atoms with Crippen LogP contribution < -0.4 is 15.4 Å². The lowest BCUT2D eigenvalue weighted by Gasteiger charge is -2.38. The van der Waals surface area contributed by atoms with Gasteiger partial charge in [-0.05, 0) is 49.4 Å². The first-order chi connectivity index (χ1) is 19.2. The lowest BCUT2D eigenvalue weighted by molar-refractivity contribution is -0.117. The highest BCUT2D eigenvalue weighted by Gasteiger charge is 2.35. The monoisotopic (exact) mass is 544 g/mol. The molecule has 0 spiro atoms. The Balaban J connectivity index is 1.37. The van der Waals surface area contributed by atoms with Gasteiger partial charge in [-0.15, -0.1) is 0 Å². The van der Waals surface area contributed by atoms with Crippen LogP contribution >= 0.6 is 0 Å². The van der Waals surface area contributed by atoms with Crippen LogP contribution in [-0.4, -0.2) is 71.6 Å². The molecule has 4 amide bonds. The topological polar surface area (TPSA) is 111 Å². The molecule has 9 heteroatoms. The number of carbonyl (C=O) groups is 3. The van der Waals surface area contributed by atoms with Gasteiger partial charge in [-0.25, -0.2) is 4.79 Å². The van der Waals surface area contributed by atoms with Gasteiger partial charge >= 0.3 is 6.03 Å². The maximum Gasteiger partial charge on any atom is 0.321 e. The molecule has 2 aliphatic rings. The number of hydrogen-bond donors (Lipinski definition) is 3. The Bertz CT molecular complexity index is 1420. The molecule has 0 saturated heterocycles. The van der Waals surface area contributed by atoms with Crippen LogP contribution in [0.5, 0.6) is 5.75 Å². The second kappa shape index (κ2) is 11.6. The van der Waals surface area contributed by atoms with Crippen molar-refractivity contribution in [2.45, 2.75) is 38.8 Å². The van der Waals surface area contributed by atoms with E-state index in [9.17, 15) is 19.5 Å². The predicted molar refractivity (Wildman–Crippen MR) is 155 cm³/mol. The highest BCUT2D eigenvalue weighted by atomic mass is 16.5. The molecule has 1 fully saturated rings. The van der Waals surface area contributed by atoms with Crippen molar-refractivity contribution in [3.8, 4) is 5.75 Å². The summed E-state index contributed by atoms with van der Waals surface area (Å²) in [6.07, 6.45) is 1.32. The Morgan fingerprint density at radius 2 is 1.85 bits per heavy atom.